The van der Waals surface area contributed by atoms with Gasteiger partial charge in [-0.25, -0.2) is 0 Å². The quantitative estimate of drug-likeness (QED) is 0.444. The van der Waals surface area contributed by atoms with E-state index in [1.54, 1.807) is 0 Å². The van der Waals surface area contributed by atoms with Gasteiger partial charge in [0, 0.05) is 18.1 Å². The van der Waals surface area contributed by atoms with Gasteiger partial charge in [-0.05, 0) is 30.9 Å². The highest BCUT2D eigenvalue weighted by atomic mass is 32.2. The maximum absolute atomic E-state index is 12.6. The first-order chi connectivity index (χ1) is 10.0. The molecule has 0 bridgehead atoms. The zero-order chi connectivity index (χ0) is 15.5. The van der Waals surface area contributed by atoms with Crippen LogP contribution in [-0.2, 0) is 14.4 Å². The van der Waals surface area contributed by atoms with Crippen molar-refractivity contribution in [1.29, 1.82) is 0 Å². The summed E-state index contributed by atoms with van der Waals surface area (Å²) in [5, 5.41) is 4.45. The maximum atomic E-state index is 12.6. The Morgan fingerprint density at radius 2 is 2.00 bits per heavy atom. The molecule has 1 aliphatic heterocycles. The van der Waals surface area contributed by atoms with Crippen molar-refractivity contribution in [2.75, 3.05) is 12.4 Å². The fraction of sp³-hybridized carbons (Fsp3) is 0.812. The van der Waals surface area contributed by atoms with Crippen LogP contribution in [0.2, 0.25) is 0 Å². The van der Waals surface area contributed by atoms with Crippen molar-refractivity contribution >= 4 is 29.0 Å². The minimum Gasteiger partial charge on any atom is -0.396 e. The van der Waals surface area contributed by atoms with Gasteiger partial charge in [0.1, 0.15) is 24.1 Å². The van der Waals surface area contributed by atoms with Gasteiger partial charge in [0.15, 0.2) is 0 Å². The van der Waals surface area contributed by atoms with Crippen LogP contribution >= 0.6 is 11.8 Å². The van der Waals surface area contributed by atoms with E-state index in [1.165, 1.54) is 0 Å². The van der Waals surface area contributed by atoms with Crippen LogP contribution in [0.4, 0.5) is 0 Å². The van der Waals surface area contributed by atoms with Crippen LogP contribution < -0.4 is 0 Å². The molecule has 118 valence electrons. The molecule has 0 radical (unpaired) electrons. The molecule has 1 saturated carbocycles. The fourth-order valence-corrected chi connectivity index (χ4v) is 4.96. The van der Waals surface area contributed by atoms with Gasteiger partial charge in [0.05, 0.1) is 5.71 Å². The van der Waals surface area contributed by atoms with E-state index in [9.17, 15) is 9.59 Å². The second-order valence-electron chi connectivity index (χ2n) is 6.09. The van der Waals surface area contributed by atoms with Crippen molar-refractivity contribution in [3.8, 4) is 0 Å². The van der Waals surface area contributed by atoms with Gasteiger partial charge in [-0.3, -0.25) is 9.59 Å². The smallest absolute Gasteiger partial charge is 0.149 e. The predicted octanol–water partition coefficient (Wildman–Crippen LogP) is 3.24. The van der Waals surface area contributed by atoms with E-state index in [4.69, 9.17) is 4.84 Å². The Hall–Kier alpha value is -0.840. The molecule has 0 amide bonds. The van der Waals surface area contributed by atoms with Crippen molar-refractivity contribution in [3.63, 3.8) is 0 Å². The molecule has 2 fully saturated rings. The Labute approximate surface area is 131 Å². The van der Waals surface area contributed by atoms with Crippen molar-refractivity contribution in [1.82, 2.24) is 0 Å². The van der Waals surface area contributed by atoms with Crippen molar-refractivity contribution in [2.45, 2.75) is 58.1 Å². The summed E-state index contributed by atoms with van der Waals surface area (Å²) in [6, 6.07) is 0. The van der Waals surface area contributed by atoms with Crippen molar-refractivity contribution in [3.05, 3.63) is 0 Å². The molecule has 0 aromatic carbocycles. The van der Waals surface area contributed by atoms with Gasteiger partial charge in [-0.1, -0.05) is 25.4 Å². The minimum atomic E-state index is -0.653. The highest BCUT2D eigenvalue weighted by molar-refractivity contribution is 8.00. The monoisotopic (exact) mass is 311 g/mol. The Balaban J connectivity index is 2.19. The summed E-state index contributed by atoms with van der Waals surface area (Å²) in [7, 11) is 0. The Kier molecular flexibility index (Phi) is 5.47. The van der Waals surface area contributed by atoms with E-state index in [-0.39, 0.29) is 17.0 Å². The van der Waals surface area contributed by atoms with Crippen molar-refractivity contribution in [2.24, 2.45) is 16.5 Å². The molecule has 1 aliphatic carbocycles. The molecule has 0 N–H and O–H groups in total. The van der Waals surface area contributed by atoms with Crippen LogP contribution in [0.3, 0.4) is 0 Å². The number of thioether (sulfide) groups is 1. The summed E-state index contributed by atoms with van der Waals surface area (Å²) >= 11 is 1.88. The molecular formula is C16H25NO3S. The highest BCUT2D eigenvalue weighted by Gasteiger charge is 2.51. The first-order valence-electron chi connectivity index (χ1n) is 7.90. The number of hydrogen-bond donors (Lipinski definition) is 0. The lowest BCUT2D eigenvalue weighted by Crippen LogP contribution is -2.46. The number of carbonyl (C=O) groups excluding carboxylic acids is 2. The molecule has 5 heteroatoms. The lowest BCUT2D eigenvalue weighted by molar-refractivity contribution is -0.137. The Morgan fingerprint density at radius 1 is 1.33 bits per heavy atom. The standard InChI is InChI=1S/C16H25NO3S/c1-4-6-12(17-20-5-2)15-13(18)9-16(10-14(15)19)7-8-21-11(16)3/h11,15H,4-10H2,1-3H3. The third-order valence-corrected chi connectivity index (χ3v) is 6.12. The third kappa shape index (κ3) is 3.33. The molecule has 2 aliphatic rings. The van der Waals surface area contributed by atoms with Gasteiger partial charge in [-0.2, -0.15) is 11.8 Å². The number of rotatable bonds is 5. The second kappa shape index (κ2) is 6.95. The Bertz CT molecular complexity index is 429. The van der Waals surface area contributed by atoms with Gasteiger partial charge in [-0.15, -0.1) is 0 Å². The molecule has 1 spiro atoms. The van der Waals surface area contributed by atoms with Crippen molar-refractivity contribution < 1.29 is 14.4 Å². The average Bonchev–Trinajstić information content (AvgIpc) is 2.76. The number of nitrogens with zero attached hydrogens (tertiary/aromatic N) is 1. The van der Waals surface area contributed by atoms with Crippen LogP contribution in [0.15, 0.2) is 5.16 Å². The lowest BCUT2D eigenvalue weighted by atomic mass is 9.65. The molecule has 1 saturated heterocycles. The second-order valence-corrected chi connectivity index (χ2v) is 7.54. The Morgan fingerprint density at radius 3 is 2.48 bits per heavy atom. The third-order valence-electron chi connectivity index (χ3n) is 4.68. The lowest BCUT2D eigenvalue weighted by Gasteiger charge is -2.38. The molecule has 4 nitrogen and oxygen atoms in total. The zero-order valence-corrected chi connectivity index (χ0v) is 14.0. The number of hydrogen-bond acceptors (Lipinski definition) is 5. The molecule has 21 heavy (non-hydrogen) atoms. The van der Waals surface area contributed by atoms with Crippen LogP contribution in [0.25, 0.3) is 0 Å². The van der Waals surface area contributed by atoms with Crippen LogP contribution in [0, 0.1) is 11.3 Å². The molecule has 1 unspecified atom stereocenters. The van der Waals surface area contributed by atoms with E-state index < -0.39 is 5.92 Å². The zero-order valence-electron chi connectivity index (χ0n) is 13.2. The summed E-state index contributed by atoms with van der Waals surface area (Å²) in [4.78, 5) is 30.4. The molecule has 1 heterocycles. The SMILES string of the molecule is CCCC(=NOCC)C1C(=O)CC2(CCSC2C)CC1=O. The first kappa shape index (κ1) is 16.5. The molecule has 0 aromatic rings. The topological polar surface area (TPSA) is 55.7 Å². The predicted molar refractivity (Wildman–Crippen MR) is 85.7 cm³/mol. The van der Waals surface area contributed by atoms with E-state index in [0.29, 0.717) is 36.8 Å². The summed E-state index contributed by atoms with van der Waals surface area (Å²) < 4.78 is 0. The molecule has 1 atom stereocenters. The van der Waals surface area contributed by atoms with Gasteiger partial charge in [0.2, 0.25) is 0 Å². The van der Waals surface area contributed by atoms with E-state index in [1.807, 2.05) is 25.6 Å². The normalized spacial score (nSPS) is 33.8. The summed E-state index contributed by atoms with van der Waals surface area (Å²) in [5.41, 5.74) is 0.528. The largest absolute Gasteiger partial charge is 0.396 e. The van der Waals surface area contributed by atoms with Crippen LogP contribution in [0.1, 0.15) is 52.9 Å². The highest BCUT2D eigenvalue weighted by Crippen LogP contribution is 2.51. The summed E-state index contributed by atoms with van der Waals surface area (Å²) in [6.07, 6.45) is 3.54. The summed E-state index contributed by atoms with van der Waals surface area (Å²) in [5.74, 6) is 0.501. The maximum Gasteiger partial charge on any atom is 0.149 e. The van der Waals surface area contributed by atoms with Crippen LogP contribution in [-0.4, -0.2) is 34.9 Å². The van der Waals surface area contributed by atoms with E-state index in [0.717, 1.165) is 18.6 Å². The first-order valence-corrected chi connectivity index (χ1v) is 8.94. The van der Waals surface area contributed by atoms with E-state index >= 15 is 0 Å². The molecular weight excluding hydrogens is 286 g/mol. The number of ketones is 2. The summed E-state index contributed by atoms with van der Waals surface area (Å²) in [6.45, 7) is 6.49. The number of oxime groups is 1. The van der Waals surface area contributed by atoms with Gasteiger partial charge < -0.3 is 4.84 Å². The average molecular weight is 311 g/mol. The van der Waals surface area contributed by atoms with Gasteiger partial charge >= 0.3 is 0 Å². The van der Waals surface area contributed by atoms with E-state index in [2.05, 4.69) is 12.1 Å². The minimum absolute atomic E-state index is 0.0486. The number of carbonyl (C=O) groups is 2. The molecule has 2 rings (SSSR count). The van der Waals surface area contributed by atoms with Crippen LogP contribution in [0.5, 0.6) is 0 Å². The van der Waals surface area contributed by atoms with Gasteiger partial charge in [0.25, 0.3) is 0 Å². The fourth-order valence-electron chi connectivity index (χ4n) is 3.44. The molecule has 0 aromatic heterocycles. The number of Topliss-reactive ketones (excluding diaryl/α,β-unsaturated/α-hetero) is 2.